The van der Waals surface area contributed by atoms with Crippen LogP contribution in [-0.2, 0) is 11.3 Å². The van der Waals surface area contributed by atoms with Crippen LogP contribution in [-0.4, -0.2) is 62.9 Å². The fourth-order valence-corrected chi connectivity index (χ4v) is 5.49. The average molecular weight is 559 g/mol. The first-order valence-corrected chi connectivity index (χ1v) is 13.5. The van der Waals surface area contributed by atoms with E-state index >= 15 is 4.39 Å². The number of carbonyl (C=O) groups excluding carboxylic acids is 1. The lowest BCUT2D eigenvalue weighted by Gasteiger charge is -2.32. The molecule has 41 heavy (non-hydrogen) atoms. The van der Waals surface area contributed by atoms with Gasteiger partial charge in [0.2, 0.25) is 5.95 Å². The molecule has 3 N–H and O–H groups in total. The van der Waals surface area contributed by atoms with Gasteiger partial charge in [-0.25, -0.2) is 19.3 Å². The van der Waals surface area contributed by atoms with Crippen LogP contribution in [0.5, 0.6) is 0 Å². The second-order valence-corrected chi connectivity index (χ2v) is 10.2. The van der Waals surface area contributed by atoms with Crippen molar-refractivity contribution in [1.29, 1.82) is 0 Å². The van der Waals surface area contributed by atoms with Gasteiger partial charge < -0.3 is 25.6 Å². The number of nitrogens with one attached hydrogen (secondary N) is 3. The van der Waals surface area contributed by atoms with Gasteiger partial charge in [-0.2, -0.15) is 10.1 Å². The summed E-state index contributed by atoms with van der Waals surface area (Å²) in [5, 5.41) is 13.6. The first-order valence-electron chi connectivity index (χ1n) is 13.5. The number of nitrogens with zero attached hydrogens (tertiary/aromatic N) is 7. The van der Waals surface area contributed by atoms with Gasteiger partial charge in [0.1, 0.15) is 28.8 Å². The number of ether oxygens (including phenoxy) is 1. The van der Waals surface area contributed by atoms with E-state index in [0.29, 0.717) is 37.1 Å². The van der Waals surface area contributed by atoms with E-state index in [1.165, 1.54) is 25.4 Å². The lowest BCUT2D eigenvalue weighted by molar-refractivity contribution is 0.0654. The minimum absolute atomic E-state index is 0.206. The third kappa shape index (κ3) is 5.15. The summed E-state index contributed by atoms with van der Waals surface area (Å²) in [6.45, 7) is 5.65. The minimum Gasteiger partial charge on any atom is -0.381 e. The number of rotatable bonds is 6. The number of hydrogen-bond donors (Lipinski definition) is 3. The van der Waals surface area contributed by atoms with Gasteiger partial charge in [0.15, 0.2) is 0 Å². The van der Waals surface area contributed by atoms with Gasteiger partial charge in [-0.3, -0.25) is 9.48 Å². The van der Waals surface area contributed by atoms with Crippen molar-refractivity contribution in [2.24, 2.45) is 0 Å². The summed E-state index contributed by atoms with van der Waals surface area (Å²) in [4.78, 5) is 32.4. The van der Waals surface area contributed by atoms with Crippen molar-refractivity contribution in [3.63, 3.8) is 0 Å². The van der Waals surface area contributed by atoms with E-state index in [-0.39, 0.29) is 29.3 Å². The first-order chi connectivity index (χ1) is 19.8. The number of carbonyl (C=O) groups is 1. The molecule has 0 atom stereocenters. The second kappa shape index (κ2) is 10.7. The molecular formula is C28H31FN10O2. The van der Waals surface area contributed by atoms with Crippen LogP contribution in [0.1, 0.15) is 46.5 Å². The Morgan fingerprint density at radius 1 is 1.05 bits per heavy atom. The third-order valence-electron chi connectivity index (χ3n) is 7.29. The molecule has 12 nitrogen and oxygen atoms in total. The van der Waals surface area contributed by atoms with E-state index < -0.39 is 5.82 Å². The third-order valence-corrected chi connectivity index (χ3v) is 7.29. The van der Waals surface area contributed by atoms with Gasteiger partial charge in [-0.1, -0.05) is 0 Å². The molecule has 0 spiro atoms. The first kappa shape index (κ1) is 26.6. The van der Waals surface area contributed by atoms with E-state index in [0.717, 1.165) is 41.0 Å². The molecule has 3 aromatic heterocycles. The quantitative estimate of drug-likeness (QED) is 0.318. The van der Waals surface area contributed by atoms with Crippen LogP contribution < -0.4 is 20.9 Å². The van der Waals surface area contributed by atoms with Gasteiger partial charge in [0, 0.05) is 56.4 Å². The molecule has 0 bridgehead atoms. The maximum atomic E-state index is 15.2. The monoisotopic (exact) mass is 558 g/mol. The summed E-state index contributed by atoms with van der Waals surface area (Å²) >= 11 is 0. The molecule has 212 valence electrons. The van der Waals surface area contributed by atoms with E-state index in [1.54, 1.807) is 13.0 Å². The fourth-order valence-electron chi connectivity index (χ4n) is 5.49. The molecule has 0 radical (unpaired) electrons. The lowest BCUT2D eigenvalue weighted by atomic mass is 9.97. The predicted molar refractivity (Wildman–Crippen MR) is 152 cm³/mol. The molecule has 2 aliphatic heterocycles. The summed E-state index contributed by atoms with van der Waals surface area (Å²) in [6.07, 6.45) is 5.01. The number of anilines is 5. The minimum atomic E-state index is -0.424. The Balaban J connectivity index is 1.39. The van der Waals surface area contributed by atoms with E-state index in [4.69, 9.17) is 9.84 Å². The maximum absolute atomic E-state index is 15.2. The Morgan fingerprint density at radius 2 is 1.85 bits per heavy atom. The van der Waals surface area contributed by atoms with Gasteiger partial charge in [0.25, 0.3) is 5.91 Å². The molecule has 0 unspecified atom stereocenters. The number of benzene rings is 1. The number of amides is 1. The molecule has 1 saturated heterocycles. The highest BCUT2D eigenvalue weighted by atomic mass is 19.1. The molecule has 0 saturated carbocycles. The highest BCUT2D eigenvalue weighted by molar-refractivity contribution is 6.00. The van der Waals surface area contributed by atoms with Gasteiger partial charge in [0.05, 0.1) is 35.9 Å². The number of aryl methyl sites for hydroxylation is 2. The summed E-state index contributed by atoms with van der Waals surface area (Å²) in [6, 6.07) is 4.95. The van der Waals surface area contributed by atoms with Crippen molar-refractivity contribution in [2.75, 3.05) is 42.8 Å². The zero-order chi connectivity index (χ0) is 28.7. The van der Waals surface area contributed by atoms with E-state index in [1.807, 2.05) is 20.2 Å². The Labute approximate surface area is 236 Å². The summed E-state index contributed by atoms with van der Waals surface area (Å²) < 4.78 is 22.8. The van der Waals surface area contributed by atoms with Crippen LogP contribution in [0.25, 0.3) is 11.1 Å². The summed E-state index contributed by atoms with van der Waals surface area (Å²) in [5.74, 6) is 0.747. The SMILES string of the molecule is CNC(=O)c1cnc(Nc2cc(C)nc(C)n2)nc1Nc1cc(F)cc2c1N(C)Cc1c-2cnn1C1CCOCC1. The van der Waals surface area contributed by atoms with Gasteiger partial charge >= 0.3 is 0 Å². The molecule has 2 aliphatic rings. The van der Waals surface area contributed by atoms with Crippen LogP contribution in [0.2, 0.25) is 0 Å². The van der Waals surface area contributed by atoms with Crippen LogP contribution >= 0.6 is 0 Å². The fraction of sp³-hybridized carbons (Fsp3) is 0.357. The Kier molecular flexibility index (Phi) is 6.95. The zero-order valence-corrected chi connectivity index (χ0v) is 23.3. The lowest BCUT2D eigenvalue weighted by Crippen LogP contribution is -2.28. The normalized spacial score (nSPS) is 14.8. The molecule has 0 aliphatic carbocycles. The van der Waals surface area contributed by atoms with Crippen molar-refractivity contribution in [3.8, 4) is 11.1 Å². The molecule has 1 fully saturated rings. The topological polar surface area (TPSA) is 135 Å². The van der Waals surface area contributed by atoms with Crippen molar-refractivity contribution < 1.29 is 13.9 Å². The highest BCUT2D eigenvalue weighted by Gasteiger charge is 2.30. The molecule has 6 rings (SSSR count). The highest BCUT2D eigenvalue weighted by Crippen LogP contribution is 2.45. The van der Waals surface area contributed by atoms with Crippen molar-refractivity contribution in [3.05, 3.63) is 59.2 Å². The molecule has 13 heteroatoms. The molecule has 5 heterocycles. The van der Waals surface area contributed by atoms with Crippen molar-refractivity contribution in [2.45, 2.75) is 39.3 Å². The van der Waals surface area contributed by atoms with Crippen LogP contribution in [0.15, 0.2) is 30.6 Å². The zero-order valence-electron chi connectivity index (χ0n) is 23.3. The maximum Gasteiger partial charge on any atom is 0.256 e. The Bertz CT molecular complexity index is 1610. The summed E-state index contributed by atoms with van der Waals surface area (Å²) in [7, 11) is 3.48. The summed E-state index contributed by atoms with van der Waals surface area (Å²) in [5.41, 5.74) is 4.89. The van der Waals surface area contributed by atoms with Gasteiger partial charge in [-0.05, 0) is 38.8 Å². The Hall–Kier alpha value is -4.65. The number of aromatic nitrogens is 6. The predicted octanol–water partition coefficient (Wildman–Crippen LogP) is 4.03. The molecule has 1 aromatic carbocycles. The van der Waals surface area contributed by atoms with E-state index in [9.17, 15) is 4.79 Å². The molecule has 1 amide bonds. The van der Waals surface area contributed by atoms with Crippen molar-refractivity contribution >= 4 is 34.9 Å². The number of fused-ring (bicyclic) bond motifs is 3. The number of halogens is 1. The largest absolute Gasteiger partial charge is 0.381 e. The van der Waals surface area contributed by atoms with Gasteiger partial charge in [-0.15, -0.1) is 0 Å². The number of hydrogen-bond acceptors (Lipinski definition) is 10. The smallest absolute Gasteiger partial charge is 0.256 e. The van der Waals surface area contributed by atoms with Crippen LogP contribution in [0.3, 0.4) is 0 Å². The average Bonchev–Trinajstić information content (AvgIpc) is 3.36. The van der Waals surface area contributed by atoms with Crippen LogP contribution in [0.4, 0.5) is 33.3 Å². The Morgan fingerprint density at radius 3 is 2.61 bits per heavy atom. The molecule has 4 aromatic rings. The van der Waals surface area contributed by atoms with Crippen molar-refractivity contribution in [1.82, 2.24) is 35.0 Å². The second-order valence-electron chi connectivity index (χ2n) is 10.2. The van der Waals surface area contributed by atoms with E-state index in [2.05, 4.69) is 45.5 Å². The standard InChI is InChI=1S/C28H31FN10O2/c1-15-9-24(34-16(2)33-15)36-28-31-12-21(27(40)30-3)26(37-28)35-22-11-17(29)10-19-20-13-32-39(18-5-7-41-8-6-18)23(20)14-38(4)25(19)22/h9-13,18H,5-8,14H2,1-4H3,(H,30,40)(H2,31,33,34,35,36,37). The van der Waals surface area contributed by atoms with Crippen LogP contribution in [0, 0.1) is 19.7 Å². The molecular weight excluding hydrogens is 527 g/mol.